The molecule has 0 aromatic heterocycles. The minimum Gasteiger partial charge on any atom is -0.493 e. The van der Waals surface area contributed by atoms with E-state index in [1.54, 1.807) is 14.2 Å². The number of ether oxygens (including phenoxy) is 4. The van der Waals surface area contributed by atoms with Crippen molar-refractivity contribution in [1.29, 1.82) is 0 Å². The Morgan fingerprint density at radius 3 is 2.27 bits per heavy atom. The van der Waals surface area contributed by atoms with Crippen LogP contribution < -0.4 is 18.9 Å². The normalized spacial score (nSPS) is 16.0. The van der Waals surface area contributed by atoms with Crippen molar-refractivity contribution in [1.82, 2.24) is 0 Å². The van der Waals surface area contributed by atoms with Gasteiger partial charge >= 0.3 is 0 Å². The topological polar surface area (TPSA) is 57.2 Å². The van der Waals surface area contributed by atoms with Gasteiger partial charge in [0.1, 0.15) is 0 Å². The van der Waals surface area contributed by atoms with Gasteiger partial charge in [-0.15, -0.1) is 0 Å². The van der Waals surface area contributed by atoms with E-state index in [9.17, 15) is 5.11 Å². The van der Waals surface area contributed by atoms with Crippen LogP contribution in [0.4, 0.5) is 0 Å². The zero-order valence-corrected chi connectivity index (χ0v) is 15.7. The molecule has 0 spiro atoms. The van der Waals surface area contributed by atoms with Crippen LogP contribution in [0.5, 0.6) is 23.0 Å². The highest BCUT2D eigenvalue weighted by atomic mass is 16.7. The highest BCUT2D eigenvalue weighted by Crippen LogP contribution is 2.42. The van der Waals surface area contributed by atoms with Crippen molar-refractivity contribution in [3.05, 3.63) is 47.5 Å². The molecule has 1 aliphatic heterocycles. The molecule has 0 saturated carbocycles. The van der Waals surface area contributed by atoms with Crippen LogP contribution in [0.15, 0.2) is 36.4 Å². The number of hydrogen-bond donors (Lipinski definition) is 1. The van der Waals surface area contributed by atoms with Crippen molar-refractivity contribution in [2.45, 2.75) is 19.8 Å². The van der Waals surface area contributed by atoms with Crippen LogP contribution in [-0.2, 0) is 0 Å². The smallest absolute Gasteiger partial charge is 0.231 e. The molecule has 0 radical (unpaired) electrons. The van der Waals surface area contributed by atoms with E-state index in [0.29, 0.717) is 11.5 Å². The number of hydrogen-bond acceptors (Lipinski definition) is 5. The minimum absolute atomic E-state index is 0.0754. The first-order chi connectivity index (χ1) is 12.6. The van der Waals surface area contributed by atoms with Crippen molar-refractivity contribution < 1.29 is 24.1 Å². The molecule has 0 amide bonds. The Hall–Kier alpha value is -2.40. The SMILES string of the molecule is COc1ccc([C@H](c2ccc3c(c2)OCO3)[C@@H](C)[C@H](C)CO)cc1OC. The molecule has 140 valence electrons. The summed E-state index contributed by atoms with van der Waals surface area (Å²) in [5.74, 6) is 3.34. The summed E-state index contributed by atoms with van der Waals surface area (Å²) in [7, 11) is 3.26. The maximum absolute atomic E-state index is 9.70. The first kappa shape index (κ1) is 18.4. The van der Waals surface area contributed by atoms with E-state index in [2.05, 4.69) is 26.0 Å². The minimum atomic E-state index is 0.0754. The molecule has 0 fully saturated rings. The van der Waals surface area contributed by atoms with Gasteiger partial charge < -0.3 is 24.1 Å². The largest absolute Gasteiger partial charge is 0.493 e. The maximum Gasteiger partial charge on any atom is 0.231 e. The Morgan fingerprint density at radius 1 is 0.923 bits per heavy atom. The lowest BCUT2D eigenvalue weighted by Gasteiger charge is -2.29. The molecule has 3 atom stereocenters. The molecular formula is C21H26O5. The van der Waals surface area contributed by atoms with Gasteiger partial charge in [0, 0.05) is 12.5 Å². The predicted octanol–water partition coefficient (Wildman–Crippen LogP) is 3.83. The number of fused-ring (bicyclic) bond motifs is 1. The lowest BCUT2D eigenvalue weighted by Crippen LogP contribution is -2.21. The fourth-order valence-corrected chi connectivity index (χ4v) is 3.45. The lowest BCUT2D eigenvalue weighted by atomic mass is 9.76. The van der Waals surface area contributed by atoms with E-state index >= 15 is 0 Å². The highest BCUT2D eigenvalue weighted by Gasteiger charge is 2.28. The average Bonchev–Trinajstić information content (AvgIpc) is 3.15. The summed E-state index contributed by atoms with van der Waals surface area (Å²) in [6, 6.07) is 12.0. The summed E-state index contributed by atoms with van der Waals surface area (Å²) in [6.45, 7) is 4.61. The quantitative estimate of drug-likeness (QED) is 0.815. The monoisotopic (exact) mass is 358 g/mol. The molecule has 26 heavy (non-hydrogen) atoms. The fraction of sp³-hybridized carbons (Fsp3) is 0.429. The van der Waals surface area contributed by atoms with Crippen LogP contribution in [-0.4, -0.2) is 32.7 Å². The summed E-state index contributed by atoms with van der Waals surface area (Å²) < 4.78 is 21.8. The molecule has 1 heterocycles. The second-order valence-electron chi connectivity index (χ2n) is 6.72. The van der Waals surface area contributed by atoms with Gasteiger partial charge in [-0.2, -0.15) is 0 Å². The van der Waals surface area contributed by atoms with Crippen LogP contribution in [0.1, 0.15) is 30.9 Å². The number of aliphatic hydroxyl groups is 1. The molecule has 0 saturated heterocycles. The van der Waals surface area contributed by atoms with E-state index in [-0.39, 0.29) is 31.2 Å². The standard InChI is InChI=1S/C21H26O5/c1-13(11-22)14(2)21(15-5-7-17(23-3)19(9-15)24-4)16-6-8-18-20(10-16)26-12-25-18/h5-10,13-14,21-22H,11-12H2,1-4H3/t13-,14+,21-/m1/s1. The van der Waals surface area contributed by atoms with E-state index < -0.39 is 0 Å². The molecule has 0 bridgehead atoms. The van der Waals surface area contributed by atoms with Crippen molar-refractivity contribution in [2.24, 2.45) is 11.8 Å². The predicted molar refractivity (Wildman–Crippen MR) is 99.4 cm³/mol. The Labute approximate surface area is 154 Å². The van der Waals surface area contributed by atoms with E-state index in [1.165, 1.54) is 0 Å². The third kappa shape index (κ3) is 3.44. The molecule has 3 rings (SSSR count). The molecule has 0 aliphatic carbocycles. The second kappa shape index (κ2) is 7.87. The van der Waals surface area contributed by atoms with Crippen LogP contribution in [0.2, 0.25) is 0 Å². The molecule has 5 heteroatoms. The summed E-state index contributed by atoms with van der Waals surface area (Å²) in [4.78, 5) is 0. The number of rotatable bonds is 7. The third-order valence-corrected chi connectivity index (χ3v) is 5.23. The van der Waals surface area contributed by atoms with Gasteiger partial charge in [-0.3, -0.25) is 0 Å². The number of methoxy groups -OCH3 is 2. The van der Waals surface area contributed by atoms with Crippen molar-refractivity contribution >= 4 is 0 Å². The zero-order chi connectivity index (χ0) is 18.7. The highest BCUT2D eigenvalue weighted by molar-refractivity contribution is 5.50. The first-order valence-corrected chi connectivity index (χ1v) is 8.81. The Kier molecular flexibility index (Phi) is 5.57. The van der Waals surface area contributed by atoms with Crippen molar-refractivity contribution in [3.63, 3.8) is 0 Å². The maximum atomic E-state index is 9.70. The van der Waals surface area contributed by atoms with E-state index in [0.717, 1.165) is 22.6 Å². The molecule has 1 aliphatic rings. The van der Waals surface area contributed by atoms with Crippen LogP contribution in [0, 0.1) is 11.8 Å². The molecule has 5 nitrogen and oxygen atoms in total. The second-order valence-corrected chi connectivity index (χ2v) is 6.72. The van der Waals surface area contributed by atoms with Gasteiger partial charge in [-0.25, -0.2) is 0 Å². The van der Waals surface area contributed by atoms with Gasteiger partial charge in [-0.05, 0) is 47.2 Å². The van der Waals surface area contributed by atoms with Crippen molar-refractivity contribution in [3.8, 4) is 23.0 Å². The molecule has 2 aromatic rings. The Morgan fingerprint density at radius 2 is 1.58 bits per heavy atom. The lowest BCUT2D eigenvalue weighted by molar-refractivity contribution is 0.173. The third-order valence-electron chi connectivity index (χ3n) is 5.23. The first-order valence-electron chi connectivity index (χ1n) is 8.81. The van der Waals surface area contributed by atoms with E-state index in [4.69, 9.17) is 18.9 Å². The molecule has 1 N–H and O–H groups in total. The Bertz CT molecular complexity index is 758. The van der Waals surface area contributed by atoms with Crippen LogP contribution in [0.25, 0.3) is 0 Å². The molecule has 0 unspecified atom stereocenters. The number of aliphatic hydroxyl groups excluding tert-OH is 1. The summed E-state index contributed by atoms with van der Waals surface area (Å²) in [6.07, 6.45) is 0. The molecular weight excluding hydrogens is 332 g/mol. The average molecular weight is 358 g/mol. The summed E-state index contributed by atoms with van der Waals surface area (Å²) >= 11 is 0. The summed E-state index contributed by atoms with van der Waals surface area (Å²) in [5.41, 5.74) is 2.23. The summed E-state index contributed by atoms with van der Waals surface area (Å²) in [5, 5.41) is 9.70. The Balaban J connectivity index is 2.06. The van der Waals surface area contributed by atoms with E-state index in [1.807, 2.05) is 24.3 Å². The fourth-order valence-electron chi connectivity index (χ4n) is 3.45. The van der Waals surface area contributed by atoms with Gasteiger partial charge in [0.05, 0.1) is 14.2 Å². The van der Waals surface area contributed by atoms with Gasteiger partial charge in [0.2, 0.25) is 6.79 Å². The van der Waals surface area contributed by atoms with Crippen molar-refractivity contribution in [2.75, 3.05) is 27.6 Å². The van der Waals surface area contributed by atoms with Gasteiger partial charge in [0.25, 0.3) is 0 Å². The zero-order valence-electron chi connectivity index (χ0n) is 15.7. The van der Waals surface area contributed by atoms with Crippen LogP contribution in [0.3, 0.4) is 0 Å². The van der Waals surface area contributed by atoms with Crippen LogP contribution >= 0.6 is 0 Å². The van der Waals surface area contributed by atoms with Gasteiger partial charge in [0.15, 0.2) is 23.0 Å². The van der Waals surface area contributed by atoms with Gasteiger partial charge in [-0.1, -0.05) is 26.0 Å². The molecule has 2 aromatic carbocycles. The number of benzene rings is 2.